The number of allylic oxidation sites excluding steroid dienone is 14. The predicted octanol–water partition coefficient (Wildman–Crippen LogP) is 12.8. The minimum Gasteiger partial charge on any atom is -0.462 e. The van der Waals surface area contributed by atoms with E-state index < -0.39 is 32.5 Å². The summed E-state index contributed by atoms with van der Waals surface area (Å²) in [5.41, 5.74) is 0. The first-order chi connectivity index (χ1) is 28.0. The van der Waals surface area contributed by atoms with E-state index in [-0.39, 0.29) is 26.1 Å². The number of esters is 2. The predicted molar refractivity (Wildman–Crippen MR) is 242 cm³/mol. The normalized spacial score (nSPS) is 14.4. The number of rotatable bonds is 39. The third kappa shape index (κ3) is 42.8. The van der Waals surface area contributed by atoms with E-state index >= 15 is 0 Å². The standard InChI is InChI=1S/C48H82NO8P/c1-6-8-10-12-14-16-18-20-22-23-24-25-27-29-31-33-35-37-39-41-48(51)57-46(45-56-58(52,53)55-43-42-49(3,4)5)44-54-47(50)40-38-36-34-32-30-28-26-21-19-17-15-13-11-9-7-2/h8,10,14,16,20-22,24-26,29,31,35,37,46H,6-7,9,11-13,15,17-19,23,27-28,30,32-34,36,38-45H2,1-5H3/p+1/b10-8+,16-14+,22-20+,25-24+,26-21+,31-29-,37-35+/t46-/m1/s1. The highest BCUT2D eigenvalue weighted by atomic mass is 31.2. The summed E-state index contributed by atoms with van der Waals surface area (Å²) in [7, 11) is 1.41. The molecule has 0 saturated carbocycles. The molecule has 0 fully saturated rings. The molecule has 1 N–H and O–H groups in total. The molecule has 0 aliphatic rings. The van der Waals surface area contributed by atoms with Crippen molar-refractivity contribution in [2.45, 2.75) is 161 Å². The van der Waals surface area contributed by atoms with Crippen LogP contribution in [0.4, 0.5) is 0 Å². The van der Waals surface area contributed by atoms with Gasteiger partial charge in [0, 0.05) is 12.8 Å². The Labute approximate surface area is 354 Å². The summed E-state index contributed by atoms with van der Waals surface area (Å²) in [5.74, 6) is -0.914. The minimum atomic E-state index is -4.40. The average molecular weight is 833 g/mol. The number of phosphoric ester groups is 1. The van der Waals surface area contributed by atoms with Crippen LogP contribution in [-0.4, -0.2) is 74.9 Å². The van der Waals surface area contributed by atoms with E-state index in [2.05, 4.69) is 86.8 Å². The van der Waals surface area contributed by atoms with Crippen molar-refractivity contribution in [1.29, 1.82) is 0 Å². The van der Waals surface area contributed by atoms with Crippen LogP contribution >= 0.6 is 7.82 Å². The topological polar surface area (TPSA) is 108 Å². The van der Waals surface area contributed by atoms with Crippen molar-refractivity contribution in [2.24, 2.45) is 0 Å². The fourth-order valence-electron chi connectivity index (χ4n) is 5.44. The highest BCUT2D eigenvalue weighted by molar-refractivity contribution is 7.47. The maximum Gasteiger partial charge on any atom is 0.472 e. The first-order valence-corrected chi connectivity index (χ1v) is 23.8. The lowest BCUT2D eigenvalue weighted by Crippen LogP contribution is -2.37. The number of hydrogen-bond acceptors (Lipinski definition) is 7. The third-order valence-corrected chi connectivity index (χ3v) is 9.91. The van der Waals surface area contributed by atoms with Crippen LogP contribution in [0.3, 0.4) is 0 Å². The van der Waals surface area contributed by atoms with E-state index in [0.29, 0.717) is 23.9 Å². The van der Waals surface area contributed by atoms with E-state index in [1.165, 1.54) is 44.9 Å². The van der Waals surface area contributed by atoms with Gasteiger partial charge in [-0.05, 0) is 77.0 Å². The molecule has 10 heteroatoms. The maximum absolute atomic E-state index is 12.7. The van der Waals surface area contributed by atoms with Crippen LogP contribution in [-0.2, 0) is 32.7 Å². The Morgan fingerprint density at radius 1 is 0.552 bits per heavy atom. The molecule has 0 spiro atoms. The molecular formula is C48H83NO8P+. The van der Waals surface area contributed by atoms with Gasteiger partial charge in [-0.3, -0.25) is 18.6 Å². The fourth-order valence-corrected chi connectivity index (χ4v) is 6.19. The molecule has 0 heterocycles. The van der Waals surface area contributed by atoms with Crippen LogP contribution in [0.25, 0.3) is 0 Å². The van der Waals surface area contributed by atoms with Crippen molar-refractivity contribution in [3.05, 3.63) is 85.1 Å². The number of hydrogen-bond donors (Lipinski definition) is 1. The molecule has 0 aromatic rings. The first kappa shape index (κ1) is 55.2. The number of quaternary nitrogens is 1. The van der Waals surface area contributed by atoms with Crippen LogP contribution in [0.15, 0.2) is 85.1 Å². The highest BCUT2D eigenvalue weighted by Crippen LogP contribution is 2.43. The second-order valence-corrected chi connectivity index (χ2v) is 17.1. The lowest BCUT2D eigenvalue weighted by Gasteiger charge is -2.24. The zero-order chi connectivity index (χ0) is 42.8. The Morgan fingerprint density at radius 3 is 1.53 bits per heavy atom. The quantitative estimate of drug-likeness (QED) is 0.0214. The molecular weight excluding hydrogens is 750 g/mol. The first-order valence-electron chi connectivity index (χ1n) is 22.3. The van der Waals surface area contributed by atoms with Crippen molar-refractivity contribution < 1.29 is 42.1 Å². The monoisotopic (exact) mass is 833 g/mol. The third-order valence-electron chi connectivity index (χ3n) is 8.92. The van der Waals surface area contributed by atoms with Gasteiger partial charge < -0.3 is 18.9 Å². The molecule has 0 aliphatic heterocycles. The summed E-state index contributed by atoms with van der Waals surface area (Å²) < 4.78 is 34.2. The van der Waals surface area contributed by atoms with E-state index in [0.717, 1.165) is 70.6 Å². The van der Waals surface area contributed by atoms with Gasteiger partial charge >= 0.3 is 19.8 Å². The van der Waals surface area contributed by atoms with Gasteiger partial charge in [0.2, 0.25) is 0 Å². The van der Waals surface area contributed by atoms with Crippen LogP contribution < -0.4 is 0 Å². The molecule has 0 rings (SSSR count). The largest absolute Gasteiger partial charge is 0.472 e. The lowest BCUT2D eigenvalue weighted by atomic mass is 10.1. The second kappa shape index (κ2) is 39.6. The number of likely N-dealkylation sites (N-methyl/N-ethyl adjacent to an activating group) is 1. The number of nitrogens with zero attached hydrogens (tertiary/aromatic N) is 1. The van der Waals surface area contributed by atoms with Gasteiger partial charge in [-0.15, -0.1) is 0 Å². The Hall–Kier alpha value is -2.81. The fraction of sp³-hybridized carbons (Fsp3) is 0.667. The SMILES string of the molecule is CC/C=C/C/C=C/C/C=C/C/C=C/C/C=C\C/C=C/CCC(=O)O[C@H](COC(=O)CCCCCCC/C=C/CCCCCCCC)COP(=O)(O)OCC[N+](C)(C)C. The Morgan fingerprint density at radius 2 is 1.02 bits per heavy atom. The highest BCUT2D eigenvalue weighted by Gasteiger charge is 2.27. The van der Waals surface area contributed by atoms with Gasteiger partial charge in [-0.25, -0.2) is 4.57 Å². The smallest absolute Gasteiger partial charge is 0.462 e. The number of ether oxygens (including phenoxy) is 2. The maximum atomic E-state index is 12.7. The van der Waals surface area contributed by atoms with Gasteiger partial charge in [0.25, 0.3) is 0 Å². The van der Waals surface area contributed by atoms with E-state index in [9.17, 15) is 19.0 Å². The Bertz CT molecular complexity index is 1260. The lowest BCUT2D eigenvalue weighted by molar-refractivity contribution is -0.870. The molecule has 1 unspecified atom stereocenters. The molecule has 58 heavy (non-hydrogen) atoms. The van der Waals surface area contributed by atoms with Crippen molar-refractivity contribution in [1.82, 2.24) is 0 Å². The minimum absolute atomic E-state index is 0.0125. The van der Waals surface area contributed by atoms with Crippen LogP contribution in [0.1, 0.15) is 155 Å². The molecule has 0 aromatic heterocycles. The molecule has 0 aromatic carbocycles. The zero-order valence-electron chi connectivity index (χ0n) is 37.2. The van der Waals surface area contributed by atoms with Crippen molar-refractivity contribution in [2.75, 3.05) is 47.5 Å². The van der Waals surface area contributed by atoms with Gasteiger partial charge in [0.05, 0.1) is 27.7 Å². The molecule has 0 aliphatic carbocycles. The van der Waals surface area contributed by atoms with Crippen LogP contribution in [0.2, 0.25) is 0 Å². The number of unbranched alkanes of at least 4 members (excludes halogenated alkanes) is 11. The zero-order valence-corrected chi connectivity index (χ0v) is 38.1. The molecule has 0 amide bonds. The molecule has 0 radical (unpaired) electrons. The van der Waals surface area contributed by atoms with Gasteiger partial charge in [0.1, 0.15) is 19.8 Å². The Balaban J connectivity index is 4.52. The van der Waals surface area contributed by atoms with Gasteiger partial charge in [-0.2, -0.15) is 0 Å². The summed E-state index contributed by atoms with van der Waals surface area (Å²) in [6, 6.07) is 0. The molecule has 2 atom stereocenters. The second-order valence-electron chi connectivity index (χ2n) is 15.7. The van der Waals surface area contributed by atoms with E-state index in [4.69, 9.17) is 18.5 Å². The van der Waals surface area contributed by atoms with E-state index in [1.54, 1.807) is 0 Å². The van der Waals surface area contributed by atoms with Crippen molar-refractivity contribution >= 4 is 19.8 Å². The summed E-state index contributed by atoms with van der Waals surface area (Å²) in [6.45, 7) is 4.19. The summed E-state index contributed by atoms with van der Waals surface area (Å²) in [5, 5.41) is 0. The van der Waals surface area contributed by atoms with Crippen molar-refractivity contribution in [3.63, 3.8) is 0 Å². The molecule has 0 bridgehead atoms. The number of carbonyl (C=O) groups is 2. The molecule has 9 nitrogen and oxygen atoms in total. The van der Waals surface area contributed by atoms with Crippen molar-refractivity contribution in [3.8, 4) is 0 Å². The summed E-state index contributed by atoms with van der Waals surface area (Å²) in [4.78, 5) is 35.3. The Kier molecular flexibility index (Phi) is 37.7. The van der Waals surface area contributed by atoms with E-state index in [1.807, 2.05) is 33.3 Å². The summed E-state index contributed by atoms with van der Waals surface area (Å²) >= 11 is 0. The van der Waals surface area contributed by atoms with Gasteiger partial charge in [-0.1, -0.05) is 150 Å². The van der Waals surface area contributed by atoms with Crippen LogP contribution in [0, 0.1) is 0 Å². The van der Waals surface area contributed by atoms with Gasteiger partial charge in [0.15, 0.2) is 6.10 Å². The molecule has 0 saturated heterocycles. The summed E-state index contributed by atoms with van der Waals surface area (Å²) in [6.07, 6.45) is 50.8. The van der Waals surface area contributed by atoms with Crippen LogP contribution in [0.5, 0.6) is 0 Å². The number of phosphoric acid groups is 1. The molecule has 332 valence electrons. The number of carbonyl (C=O) groups excluding carboxylic acids is 2. The average Bonchev–Trinajstić information content (AvgIpc) is 3.17.